The van der Waals surface area contributed by atoms with Crippen molar-refractivity contribution in [2.45, 2.75) is 4.90 Å². The third-order valence-corrected chi connectivity index (χ3v) is 6.95. The lowest BCUT2D eigenvalue weighted by molar-refractivity contribution is 0.102. The lowest BCUT2D eigenvalue weighted by Crippen LogP contribution is -2.17. The Morgan fingerprint density at radius 3 is 2.20 bits per heavy atom. The molecule has 0 aliphatic rings. The summed E-state index contributed by atoms with van der Waals surface area (Å²) in [5, 5.41) is 12.2. The molecule has 1 amide bonds. The van der Waals surface area contributed by atoms with Gasteiger partial charge in [-0.2, -0.15) is 0 Å². The molecule has 3 N–H and O–H groups in total. The van der Waals surface area contributed by atoms with Crippen molar-refractivity contribution in [3.8, 4) is 28.7 Å². The number of anilines is 2. The van der Waals surface area contributed by atoms with Gasteiger partial charge in [0.15, 0.2) is 11.5 Å². The van der Waals surface area contributed by atoms with Gasteiger partial charge in [0.2, 0.25) is 0 Å². The van der Waals surface area contributed by atoms with Crippen LogP contribution in [0.25, 0.3) is 0 Å². The van der Waals surface area contributed by atoms with E-state index in [1.165, 1.54) is 50.6 Å². The summed E-state index contributed by atoms with van der Waals surface area (Å²) in [5.74, 6) is 0.812. The van der Waals surface area contributed by atoms with Crippen molar-refractivity contribution in [1.82, 2.24) is 0 Å². The van der Waals surface area contributed by atoms with Gasteiger partial charge in [0.25, 0.3) is 15.9 Å². The molecule has 0 radical (unpaired) electrons. The van der Waals surface area contributed by atoms with Crippen LogP contribution in [0.1, 0.15) is 10.4 Å². The van der Waals surface area contributed by atoms with Crippen molar-refractivity contribution in [2.75, 3.05) is 37.5 Å². The van der Waals surface area contributed by atoms with Crippen LogP contribution in [0, 0.1) is 0 Å². The molecule has 4 rings (SSSR count). The number of sulfonamides is 1. The molecule has 0 aromatic heterocycles. The van der Waals surface area contributed by atoms with Crippen LogP contribution in [0.15, 0.2) is 95.9 Å². The zero-order chi connectivity index (χ0) is 28.5. The minimum Gasteiger partial charge on any atom is -0.497 e. The largest absolute Gasteiger partial charge is 0.497 e. The van der Waals surface area contributed by atoms with E-state index in [0.29, 0.717) is 22.9 Å². The highest BCUT2D eigenvalue weighted by Crippen LogP contribution is 2.42. The average molecular weight is 565 g/mol. The Kier molecular flexibility index (Phi) is 9.10. The lowest BCUT2D eigenvalue weighted by Gasteiger charge is -2.19. The maximum Gasteiger partial charge on any atom is 0.262 e. The number of carbonyl (C=O) groups is 1. The Balaban J connectivity index is 1.81. The molecular weight excluding hydrogens is 536 g/mol. The molecule has 0 aliphatic carbocycles. The van der Waals surface area contributed by atoms with E-state index < -0.39 is 15.9 Å². The van der Waals surface area contributed by atoms with Crippen molar-refractivity contribution in [2.24, 2.45) is 0 Å². The maximum absolute atomic E-state index is 13.4. The van der Waals surface area contributed by atoms with Crippen LogP contribution >= 0.6 is 0 Å². The third-order valence-electron chi connectivity index (χ3n) is 5.57. The smallest absolute Gasteiger partial charge is 0.262 e. The molecule has 0 bridgehead atoms. The van der Waals surface area contributed by atoms with Crippen molar-refractivity contribution in [1.29, 1.82) is 0 Å². The Bertz CT molecular complexity index is 1560. The first kappa shape index (κ1) is 28.3. The highest BCUT2D eigenvalue weighted by atomic mass is 32.2. The summed E-state index contributed by atoms with van der Waals surface area (Å²) in [6.45, 7) is -0.463. The van der Waals surface area contributed by atoms with Gasteiger partial charge in [-0.3, -0.25) is 9.52 Å². The van der Waals surface area contributed by atoms with E-state index in [9.17, 15) is 18.3 Å². The Hall–Kier alpha value is -4.74. The fraction of sp³-hybridized carbons (Fsp3) is 0.138. The van der Waals surface area contributed by atoms with Crippen LogP contribution in [-0.2, 0) is 10.0 Å². The minimum atomic E-state index is -4.15. The molecule has 0 spiro atoms. The molecule has 10 nitrogen and oxygen atoms in total. The normalized spacial score (nSPS) is 10.9. The summed E-state index contributed by atoms with van der Waals surface area (Å²) in [5.41, 5.74) is 0.567. The molecule has 4 aromatic carbocycles. The van der Waals surface area contributed by atoms with Crippen molar-refractivity contribution < 1.29 is 37.3 Å². The number of para-hydroxylation sites is 1. The van der Waals surface area contributed by atoms with Gasteiger partial charge < -0.3 is 29.4 Å². The van der Waals surface area contributed by atoms with E-state index in [4.69, 9.17) is 18.9 Å². The molecule has 0 unspecified atom stereocenters. The number of aliphatic hydroxyl groups is 1. The van der Waals surface area contributed by atoms with E-state index in [0.717, 1.165) is 0 Å². The summed E-state index contributed by atoms with van der Waals surface area (Å²) in [6, 6.07) is 24.0. The predicted molar refractivity (Wildman–Crippen MR) is 150 cm³/mol. The number of hydrogen-bond donors (Lipinski definition) is 3. The van der Waals surface area contributed by atoms with Crippen LogP contribution in [0.3, 0.4) is 0 Å². The second-order valence-electron chi connectivity index (χ2n) is 8.31. The number of amides is 1. The Morgan fingerprint density at radius 2 is 1.52 bits per heavy atom. The summed E-state index contributed by atoms with van der Waals surface area (Å²) in [6.07, 6.45) is 0. The molecule has 0 atom stereocenters. The number of benzene rings is 4. The van der Waals surface area contributed by atoms with Crippen LogP contribution in [0.5, 0.6) is 28.7 Å². The van der Waals surface area contributed by atoms with Crippen molar-refractivity contribution >= 4 is 27.3 Å². The third kappa shape index (κ3) is 7.01. The maximum atomic E-state index is 13.4. The van der Waals surface area contributed by atoms with E-state index in [1.54, 1.807) is 48.5 Å². The Morgan fingerprint density at radius 1 is 0.825 bits per heavy atom. The first-order chi connectivity index (χ1) is 19.3. The fourth-order valence-corrected chi connectivity index (χ4v) is 4.70. The van der Waals surface area contributed by atoms with Crippen LogP contribution in [0.2, 0.25) is 0 Å². The topological polar surface area (TPSA) is 132 Å². The molecule has 208 valence electrons. The van der Waals surface area contributed by atoms with Gasteiger partial charge in [-0.15, -0.1) is 0 Å². The average Bonchev–Trinajstić information content (AvgIpc) is 2.97. The molecule has 0 aliphatic heterocycles. The standard InChI is InChI=1S/C29H28N2O8S/c1-36-22-11-13-25(14-12-22)40(34,35)31-26-17-20(29(33)30-21-7-4-3-5-8-21)18-27(38-16-15-32)28(26)39-24-10-6-9-23(19-24)37-2/h3-14,17-19,31-32H,15-16H2,1-2H3,(H,30,33). The molecule has 0 heterocycles. The SMILES string of the molecule is COc1ccc(S(=O)(=O)Nc2cc(C(=O)Nc3ccccc3)cc(OCCO)c2Oc2cccc(OC)c2)cc1. The fourth-order valence-electron chi connectivity index (χ4n) is 3.64. The molecular formula is C29H28N2O8S. The van der Waals surface area contributed by atoms with E-state index in [1.807, 2.05) is 6.07 Å². The quantitative estimate of drug-likeness (QED) is 0.221. The number of methoxy groups -OCH3 is 2. The molecule has 0 saturated heterocycles. The molecule has 40 heavy (non-hydrogen) atoms. The highest BCUT2D eigenvalue weighted by Gasteiger charge is 2.23. The number of hydrogen-bond acceptors (Lipinski definition) is 8. The van der Waals surface area contributed by atoms with Gasteiger partial charge in [0.1, 0.15) is 23.9 Å². The number of carbonyl (C=O) groups excluding carboxylic acids is 1. The van der Waals surface area contributed by atoms with Gasteiger partial charge in [-0.1, -0.05) is 24.3 Å². The van der Waals surface area contributed by atoms with Crippen LogP contribution < -0.4 is 29.0 Å². The predicted octanol–water partition coefficient (Wildman–Crippen LogP) is 4.92. The number of nitrogens with one attached hydrogen (secondary N) is 2. The second-order valence-corrected chi connectivity index (χ2v) is 9.99. The summed E-state index contributed by atoms with van der Waals surface area (Å²) >= 11 is 0. The monoisotopic (exact) mass is 564 g/mol. The van der Waals surface area contributed by atoms with E-state index in [2.05, 4.69) is 10.0 Å². The lowest BCUT2D eigenvalue weighted by atomic mass is 10.1. The Labute approximate surface area is 232 Å². The minimum absolute atomic E-state index is 0.0185. The summed E-state index contributed by atoms with van der Waals surface area (Å²) < 4.78 is 51.5. The number of rotatable bonds is 12. The summed E-state index contributed by atoms with van der Waals surface area (Å²) in [4.78, 5) is 13.1. The van der Waals surface area contributed by atoms with Gasteiger partial charge in [-0.25, -0.2) is 8.42 Å². The molecule has 0 saturated carbocycles. The molecule has 4 aromatic rings. The van der Waals surface area contributed by atoms with Gasteiger partial charge >= 0.3 is 0 Å². The number of ether oxygens (including phenoxy) is 4. The first-order valence-corrected chi connectivity index (χ1v) is 13.6. The zero-order valence-electron chi connectivity index (χ0n) is 21.8. The zero-order valence-corrected chi connectivity index (χ0v) is 22.6. The van der Waals surface area contributed by atoms with Gasteiger partial charge in [0.05, 0.1) is 31.4 Å². The number of aliphatic hydroxyl groups excluding tert-OH is 1. The van der Waals surface area contributed by atoms with Gasteiger partial charge in [0, 0.05) is 17.3 Å². The van der Waals surface area contributed by atoms with Gasteiger partial charge in [-0.05, 0) is 60.7 Å². The second kappa shape index (κ2) is 12.9. The highest BCUT2D eigenvalue weighted by molar-refractivity contribution is 7.92. The molecule has 0 fully saturated rings. The van der Waals surface area contributed by atoms with E-state index >= 15 is 0 Å². The first-order valence-electron chi connectivity index (χ1n) is 12.1. The van der Waals surface area contributed by atoms with Crippen LogP contribution in [-0.4, -0.2) is 46.9 Å². The van der Waals surface area contributed by atoms with Crippen molar-refractivity contribution in [3.05, 3.63) is 96.6 Å². The van der Waals surface area contributed by atoms with Crippen molar-refractivity contribution in [3.63, 3.8) is 0 Å². The van der Waals surface area contributed by atoms with E-state index in [-0.39, 0.29) is 40.9 Å². The van der Waals surface area contributed by atoms with Crippen LogP contribution in [0.4, 0.5) is 11.4 Å². The summed E-state index contributed by atoms with van der Waals surface area (Å²) in [7, 11) is -1.17. The molecule has 11 heteroatoms.